The number of ketones is 1. The fourth-order valence-electron chi connectivity index (χ4n) is 2.91. The van der Waals surface area contributed by atoms with Crippen molar-refractivity contribution in [1.29, 1.82) is 0 Å². The molecule has 4 nitrogen and oxygen atoms in total. The van der Waals surface area contributed by atoms with Crippen molar-refractivity contribution in [3.63, 3.8) is 0 Å². The van der Waals surface area contributed by atoms with E-state index in [4.69, 9.17) is 0 Å². The van der Waals surface area contributed by atoms with Crippen LogP contribution in [0.1, 0.15) is 52.9 Å². The van der Waals surface area contributed by atoms with Crippen LogP contribution in [0.25, 0.3) is 0 Å². The molecular weight excluding hydrogens is 503 g/mol. The SMILES string of the molecule is CC(C)(C)S(C)(CC(=O)C1CCCCC1)OS(=O)(=O)C(F)(F)C(F)(F)C(F)(F)C(F)(F)F. The summed E-state index contributed by atoms with van der Waals surface area (Å²) in [5.41, 5.74) is 0. The molecule has 0 heterocycles. The van der Waals surface area contributed by atoms with E-state index in [0.29, 0.717) is 25.7 Å². The van der Waals surface area contributed by atoms with Crippen molar-refractivity contribution < 1.29 is 56.4 Å². The summed E-state index contributed by atoms with van der Waals surface area (Å²) >= 11 is 0. The van der Waals surface area contributed by atoms with Gasteiger partial charge in [0.2, 0.25) is 0 Å². The maximum absolute atomic E-state index is 14.1. The zero-order valence-corrected chi connectivity index (χ0v) is 19.3. The fraction of sp³-hybridized carbons (Fsp3) is 0.941. The minimum Gasteiger partial charge on any atom is -0.298 e. The number of hydrogen-bond acceptors (Lipinski definition) is 4. The van der Waals surface area contributed by atoms with Crippen LogP contribution in [0.2, 0.25) is 0 Å². The Kier molecular flexibility index (Phi) is 8.09. The molecule has 32 heavy (non-hydrogen) atoms. The van der Waals surface area contributed by atoms with E-state index in [1.54, 1.807) is 0 Å². The van der Waals surface area contributed by atoms with Crippen molar-refractivity contribution in [3.8, 4) is 0 Å². The van der Waals surface area contributed by atoms with Crippen LogP contribution in [0.4, 0.5) is 39.5 Å². The lowest BCUT2D eigenvalue weighted by Gasteiger charge is -2.46. The van der Waals surface area contributed by atoms with Crippen molar-refractivity contribution in [1.82, 2.24) is 0 Å². The topological polar surface area (TPSA) is 60.4 Å². The minimum atomic E-state index is -7.39. The average Bonchev–Trinajstić information content (AvgIpc) is 2.59. The molecular formula is C17H25F9O4S2. The summed E-state index contributed by atoms with van der Waals surface area (Å²) in [6.45, 7) is 3.73. The molecule has 1 atom stereocenters. The third-order valence-electron chi connectivity index (χ3n) is 5.44. The van der Waals surface area contributed by atoms with Gasteiger partial charge in [-0.3, -0.25) is 4.79 Å². The lowest BCUT2D eigenvalue weighted by atomic mass is 9.87. The molecule has 0 aromatic heterocycles. The molecule has 0 saturated heterocycles. The summed E-state index contributed by atoms with van der Waals surface area (Å²) < 4.78 is 146. The Labute approximate surface area is 181 Å². The summed E-state index contributed by atoms with van der Waals surface area (Å²) in [6.07, 6.45) is -3.22. The van der Waals surface area contributed by atoms with Crippen molar-refractivity contribution in [2.75, 3.05) is 12.0 Å². The molecule has 0 spiro atoms. The Morgan fingerprint density at radius 1 is 0.844 bits per heavy atom. The highest BCUT2D eigenvalue weighted by molar-refractivity contribution is 8.33. The summed E-state index contributed by atoms with van der Waals surface area (Å²) in [7, 11) is -10.6. The van der Waals surface area contributed by atoms with Gasteiger partial charge in [0, 0.05) is 10.7 Å². The number of Topliss-reactive ketones (excluding diaryl/α,β-unsaturated/α-hetero) is 1. The quantitative estimate of drug-likeness (QED) is 0.360. The van der Waals surface area contributed by atoms with E-state index < -0.39 is 65.9 Å². The van der Waals surface area contributed by atoms with Gasteiger partial charge < -0.3 is 0 Å². The smallest absolute Gasteiger partial charge is 0.298 e. The van der Waals surface area contributed by atoms with E-state index in [9.17, 15) is 52.7 Å². The van der Waals surface area contributed by atoms with E-state index in [2.05, 4.69) is 3.63 Å². The number of rotatable bonds is 8. The molecule has 192 valence electrons. The van der Waals surface area contributed by atoms with Crippen LogP contribution in [0, 0.1) is 5.92 Å². The number of alkyl halides is 9. The van der Waals surface area contributed by atoms with Crippen molar-refractivity contribution in [3.05, 3.63) is 0 Å². The van der Waals surface area contributed by atoms with Gasteiger partial charge in [-0.1, -0.05) is 40.0 Å². The molecule has 1 unspecified atom stereocenters. The second kappa shape index (κ2) is 8.82. The molecule has 1 aliphatic carbocycles. The van der Waals surface area contributed by atoms with Crippen molar-refractivity contribution >= 4 is 26.2 Å². The zero-order valence-electron chi connectivity index (χ0n) is 17.7. The van der Waals surface area contributed by atoms with Gasteiger partial charge in [0.25, 0.3) is 0 Å². The Bertz CT molecular complexity index is 798. The molecule has 0 aromatic rings. The molecule has 1 fully saturated rings. The predicted octanol–water partition coefficient (Wildman–Crippen LogP) is 6.06. The third-order valence-corrected chi connectivity index (χ3v) is 11.7. The largest absolute Gasteiger partial charge is 0.460 e. The lowest BCUT2D eigenvalue weighted by molar-refractivity contribution is -0.382. The molecule has 0 radical (unpaired) electrons. The molecule has 0 aliphatic heterocycles. The summed E-state index contributed by atoms with van der Waals surface area (Å²) in [5.74, 6) is -16.7. The van der Waals surface area contributed by atoms with E-state index in [1.165, 1.54) is 20.8 Å². The monoisotopic (exact) mass is 528 g/mol. The Morgan fingerprint density at radius 3 is 1.66 bits per heavy atom. The Hall–Kier alpha value is -0.700. The van der Waals surface area contributed by atoms with Gasteiger partial charge in [0.05, 0.1) is 5.75 Å². The zero-order chi connectivity index (χ0) is 25.6. The highest BCUT2D eigenvalue weighted by atomic mass is 32.3. The predicted molar refractivity (Wildman–Crippen MR) is 101 cm³/mol. The van der Waals surface area contributed by atoms with Gasteiger partial charge in [0.1, 0.15) is 5.78 Å². The Balaban J connectivity index is 3.38. The molecule has 1 rings (SSSR count). The third kappa shape index (κ3) is 5.18. The maximum Gasteiger partial charge on any atom is 0.460 e. The fourth-order valence-corrected chi connectivity index (χ4v) is 7.50. The molecule has 0 bridgehead atoms. The van der Waals surface area contributed by atoms with E-state index in [1.807, 2.05) is 0 Å². The van der Waals surface area contributed by atoms with Gasteiger partial charge in [-0.05, 0) is 19.1 Å². The van der Waals surface area contributed by atoms with E-state index in [-0.39, 0.29) is 0 Å². The second-order valence-electron chi connectivity index (χ2n) is 8.75. The number of hydrogen-bond donors (Lipinski definition) is 0. The molecule has 1 aliphatic rings. The van der Waals surface area contributed by atoms with Crippen molar-refractivity contribution in [2.45, 2.75) is 80.9 Å². The highest BCUT2D eigenvalue weighted by Gasteiger charge is 2.86. The van der Waals surface area contributed by atoms with Crippen LogP contribution in [0.5, 0.6) is 0 Å². The van der Waals surface area contributed by atoms with Gasteiger partial charge in [-0.25, -0.2) is 3.63 Å². The summed E-state index contributed by atoms with van der Waals surface area (Å²) in [6, 6.07) is 0. The van der Waals surface area contributed by atoms with Gasteiger partial charge in [-0.2, -0.15) is 47.9 Å². The minimum absolute atomic E-state index is 0.428. The first-order chi connectivity index (χ1) is 13.9. The van der Waals surface area contributed by atoms with Crippen LogP contribution >= 0.6 is 10.3 Å². The Morgan fingerprint density at radius 2 is 1.28 bits per heavy atom. The maximum atomic E-state index is 14.1. The normalized spacial score (nSPS) is 21.2. The average molecular weight is 528 g/mol. The summed E-state index contributed by atoms with van der Waals surface area (Å²) in [5, 5.41) is -6.95. The lowest BCUT2D eigenvalue weighted by Crippen LogP contribution is -2.63. The summed E-state index contributed by atoms with van der Waals surface area (Å²) in [4.78, 5) is 12.6. The van der Waals surface area contributed by atoms with Gasteiger partial charge >= 0.3 is 33.4 Å². The standard InChI is InChI=1S/C17H25F9O4S2/c1-13(2,3)31(4,10-12(27)11-8-6-5-7-9-11)30-32(28,29)17(25,26)15(20,21)14(18,19)16(22,23)24/h11H,5-10H2,1-4H3. The molecule has 1 saturated carbocycles. The van der Waals surface area contributed by atoms with Gasteiger partial charge in [0.15, 0.2) is 0 Å². The highest BCUT2D eigenvalue weighted by Crippen LogP contribution is 2.62. The second-order valence-corrected chi connectivity index (χ2v) is 14.2. The van der Waals surface area contributed by atoms with E-state index >= 15 is 0 Å². The first-order valence-corrected chi connectivity index (χ1v) is 12.9. The first-order valence-electron chi connectivity index (χ1n) is 9.39. The molecule has 15 heteroatoms. The number of halogens is 9. The van der Waals surface area contributed by atoms with Crippen LogP contribution in [0.15, 0.2) is 0 Å². The van der Waals surface area contributed by atoms with Crippen LogP contribution in [-0.4, -0.2) is 54.2 Å². The molecule has 0 aromatic carbocycles. The van der Waals surface area contributed by atoms with E-state index in [0.717, 1.165) is 12.7 Å². The number of carbonyl (C=O) groups is 1. The van der Waals surface area contributed by atoms with Crippen LogP contribution in [-0.2, 0) is 18.5 Å². The van der Waals surface area contributed by atoms with Gasteiger partial charge in [-0.15, -0.1) is 10.3 Å². The molecule has 0 N–H and O–H groups in total. The van der Waals surface area contributed by atoms with Crippen LogP contribution < -0.4 is 0 Å². The van der Waals surface area contributed by atoms with Crippen molar-refractivity contribution in [2.24, 2.45) is 5.92 Å². The first kappa shape index (κ1) is 29.3. The van der Waals surface area contributed by atoms with Crippen LogP contribution in [0.3, 0.4) is 0 Å². The molecule has 0 amide bonds. The number of carbonyl (C=O) groups excluding carboxylic acids is 1.